The number of amides is 2. The Balaban J connectivity index is 1.83. The van der Waals surface area contributed by atoms with Crippen molar-refractivity contribution in [2.24, 2.45) is 0 Å². The van der Waals surface area contributed by atoms with Crippen LogP contribution in [-0.2, 0) is 22.6 Å². The molecule has 21 heavy (non-hydrogen) atoms. The molecule has 0 aromatic carbocycles. The predicted octanol–water partition coefficient (Wildman–Crippen LogP) is -0.318. The maximum Gasteiger partial charge on any atom is 0.325 e. The predicted molar refractivity (Wildman–Crippen MR) is 71.5 cm³/mol. The van der Waals surface area contributed by atoms with Crippen molar-refractivity contribution in [1.29, 1.82) is 0 Å². The number of carboxylic acids is 1. The van der Waals surface area contributed by atoms with E-state index >= 15 is 0 Å². The zero-order chi connectivity index (χ0) is 15.4. The molecular weight excluding hydrogens is 278 g/mol. The summed E-state index contributed by atoms with van der Waals surface area (Å²) in [4.78, 5) is 24.2. The van der Waals surface area contributed by atoms with Gasteiger partial charge in [0.25, 0.3) is 0 Å². The maximum absolute atomic E-state index is 12.0. The van der Waals surface area contributed by atoms with E-state index in [9.17, 15) is 9.59 Å². The van der Waals surface area contributed by atoms with Gasteiger partial charge in [-0.1, -0.05) is 5.21 Å². The van der Waals surface area contributed by atoms with Gasteiger partial charge in [0.15, 0.2) is 0 Å². The Labute approximate surface area is 121 Å². The molecular formula is C12H19N5O4. The van der Waals surface area contributed by atoms with E-state index in [2.05, 4.69) is 15.6 Å². The third-order valence-corrected chi connectivity index (χ3v) is 3.46. The lowest BCUT2D eigenvalue weighted by Gasteiger charge is -2.26. The van der Waals surface area contributed by atoms with Gasteiger partial charge in [0, 0.05) is 13.7 Å². The van der Waals surface area contributed by atoms with Crippen molar-refractivity contribution in [3.63, 3.8) is 0 Å². The van der Waals surface area contributed by atoms with E-state index in [4.69, 9.17) is 9.84 Å². The molecule has 1 aliphatic heterocycles. The third kappa shape index (κ3) is 3.91. The molecule has 1 fully saturated rings. The van der Waals surface area contributed by atoms with Gasteiger partial charge in [-0.25, -0.2) is 9.48 Å². The number of hydrogen-bond acceptors (Lipinski definition) is 5. The highest BCUT2D eigenvalue weighted by molar-refractivity contribution is 5.74. The number of aromatic nitrogens is 3. The van der Waals surface area contributed by atoms with Crippen LogP contribution in [-0.4, -0.2) is 62.8 Å². The van der Waals surface area contributed by atoms with E-state index in [1.54, 1.807) is 11.9 Å². The van der Waals surface area contributed by atoms with Crippen molar-refractivity contribution in [3.8, 4) is 0 Å². The van der Waals surface area contributed by atoms with Crippen LogP contribution < -0.4 is 5.32 Å². The van der Waals surface area contributed by atoms with E-state index in [1.165, 1.54) is 10.9 Å². The highest BCUT2D eigenvalue weighted by Crippen LogP contribution is 2.18. The van der Waals surface area contributed by atoms with Crippen molar-refractivity contribution < 1.29 is 19.4 Å². The van der Waals surface area contributed by atoms with Crippen LogP contribution in [0, 0.1) is 0 Å². The highest BCUT2D eigenvalue weighted by Gasteiger charge is 2.30. The second-order valence-electron chi connectivity index (χ2n) is 5.00. The van der Waals surface area contributed by atoms with Gasteiger partial charge in [-0.05, 0) is 13.3 Å². The Bertz CT molecular complexity index is 518. The summed E-state index contributed by atoms with van der Waals surface area (Å²) in [6, 6.07) is -0.155. The van der Waals surface area contributed by atoms with Gasteiger partial charge in [0.2, 0.25) is 0 Å². The van der Waals surface area contributed by atoms with Crippen LogP contribution in [0.4, 0.5) is 4.79 Å². The van der Waals surface area contributed by atoms with Gasteiger partial charge in [-0.15, -0.1) is 5.10 Å². The molecule has 1 aromatic rings. The second-order valence-corrected chi connectivity index (χ2v) is 5.00. The van der Waals surface area contributed by atoms with Crippen molar-refractivity contribution in [1.82, 2.24) is 25.2 Å². The summed E-state index contributed by atoms with van der Waals surface area (Å²) in [5, 5.41) is 18.8. The Morgan fingerprint density at radius 2 is 2.38 bits per heavy atom. The average molecular weight is 297 g/mol. The van der Waals surface area contributed by atoms with E-state index in [-0.39, 0.29) is 31.3 Å². The molecule has 0 saturated carbocycles. The van der Waals surface area contributed by atoms with Crippen LogP contribution in [0.2, 0.25) is 0 Å². The van der Waals surface area contributed by atoms with Gasteiger partial charge < -0.3 is 20.1 Å². The van der Waals surface area contributed by atoms with Crippen LogP contribution in [0.25, 0.3) is 0 Å². The first kappa shape index (κ1) is 15.2. The van der Waals surface area contributed by atoms with E-state index < -0.39 is 5.97 Å². The number of likely N-dealkylation sites (N-methyl/N-ethyl adjacent to an activating group) is 1. The number of hydrogen-bond donors (Lipinski definition) is 2. The van der Waals surface area contributed by atoms with Crippen LogP contribution in [0.3, 0.4) is 0 Å². The molecule has 0 aliphatic carbocycles. The minimum absolute atomic E-state index is 0.0252. The Hall–Kier alpha value is -2.16. The molecule has 2 atom stereocenters. The lowest BCUT2D eigenvalue weighted by atomic mass is 10.1. The molecule has 9 nitrogen and oxygen atoms in total. The smallest absolute Gasteiger partial charge is 0.325 e. The summed E-state index contributed by atoms with van der Waals surface area (Å²) in [6.45, 7) is 2.55. The quantitative estimate of drug-likeness (QED) is 0.771. The summed E-state index contributed by atoms with van der Waals surface area (Å²) in [7, 11) is 1.73. The Morgan fingerprint density at radius 3 is 3.00 bits per heavy atom. The second kappa shape index (κ2) is 6.53. The lowest BCUT2D eigenvalue weighted by molar-refractivity contribution is -0.137. The van der Waals surface area contributed by atoms with E-state index in [1.807, 2.05) is 6.92 Å². The summed E-state index contributed by atoms with van der Waals surface area (Å²) in [6.07, 6.45) is 2.34. The molecule has 2 N–H and O–H groups in total. The number of ether oxygens (including phenoxy) is 1. The first-order valence-corrected chi connectivity index (χ1v) is 6.70. The fourth-order valence-electron chi connectivity index (χ4n) is 2.31. The van der Waals surface area contributed by atoms with Gasteiger partial charge in [-0.3, -0.25) is 4.79 Å². The monoisotopic (exact) mass is 297 g/mol. The zero-order valence-electron chi connectivity index (χ0n) is 12.0. The number of aliphatic carboxylic acids is 1. The molecule has 2 unspecified atom stereocenters. The fourth-order valence-corrected chi connectivity index (χ4v) is 2.31. The molecule has 116 valence electrons. The number of nitrogens with zero attached hydrogens (tertiary/aromatic N) is 4. The number of carbonyl (C=O) groups is 2. The number of carboxylic acid groups (broad SMARTS) is 1. The van der Waals surface area contributed by atoms with Gasteiger partial charge in [0.1, 0.15) is 12.2 Å². The van der Waals surface area contributed by atoms with Crippen molar-refractivity contribution in [3.05, 3.63) is 11.9 Å². The number of nitrogens with one attached hydrogen (secondary N) is 1. The molecule has 0 radical (unpaired) electrons. The van der Waals surface area contributed by atoms with Gasteiger partial charge >= 0.3 is 12.0 Å². The fraction of sp³-hybridized carbons (Fsp3) is 0.667. The molecule has 1 aromatic heterocycles. The molecule has 0 bridgehead atoms. The van der Waals surface area contributed by atoms with Crippen molar-refractivity contribution in [2.75, 3.05) is 13.7 Å². The molecule has 2 amide bonds. The molecule has 2 heterocycles. The zero-order valence-corrected chi connectivity index (χ0v) is 12.0. The van der Waals surface area contributed by atoms with Crippen LogP contribution in [0.15, 0.2) is 6.20 Å². The van der Waals surface area contributed by atoms with Crippen LogP contribution >= 0.6 is 0 Å². The average Bonchev–Trinajstić information content (AvgIpc) is 3.03. The Kier molecular flexibility index (Phi) is 4.73. The number of carbonyl (C=O) groups excluding carboxylic acids is 1. The minimum Gasteiger partial charge on any atom is -0.480 e. The van der Waals surface area contributed by atoms with E-state index in [0.29, 0.717) is 12.3 Å². The summed E-state index contributed by atoms with van der Waals surface area (Å²) >= 11 is 0. The van der Waals surface area contributed by atoms with Gasteiger partial charge in [0.05, 0.1) is 24.9 Å². The summed E-state index contributed by atoms with van der Waals surface area (Å²) in [5.74, 6) is -0.995. The van der Waals surface area contributed by atoms with Crippen LogP contribution in [0.5, 0.6) is 0 Å². The maximum atomic E-state index is 12.0. The summed E-state index contributed by atoms with van der Waals surface area (Å²) < 4.78 is 6.65. The SMILES string of the molecule is CC1OCCC1N(C)C(=O)NCc1cn(CC(=O)O)nn1. The minimum atomic E-state index is -0.995. The number of urea groups is 1. The topological polar surface area (TPSA) is 110 Å². The van der Waals surface area contributed by atoms with Crippen molar-refractivity contribution in [2.45, 2.75) is 38.6 Å². The largest absolute Gasteiger partial charge is 0.480 e. The normalized spacial score (nSPS) is 21.2. The molecule has 1 aliphatic rings. The van der Waals surface area contributed by atoms with E-state index in [0.717, 1.165) is 6.42 Å². The molecule has 2 rings (SSSR count). The first-order valence-electron chi connectivity index (χ1n) is 6.70. The molecule has 9 heteroatoms. The third-order valence-electron chi connectivity index (χ3n) is 3.46. The Morgan fingerprint density at radius 1 is 1.62 bits per heavy atom. The standard InChI is InChI=1S/C12H19N5O4/c1-8-10(3-4-21-8)16(2)12(20)13-5-9-6-17(15-14-9)7-11(18)19/h6,8,10H,3-5,7H2,1-2H3,(H,13,20)(H,18,19). The van der Waals surface area contributed by atoms with Gasteiger partial charge in [-0.2, -0.15) is 0 Å². The van der Waals surface area contributed by atoms with Crippen LogP contribution in [0.1, 0.15) is 19.0 Å². The number of rotatable bonds is 5. The summed E-state index contributed by atoms with van der Waals surface area (Å²) in [5.41, 5.74) is 0.508. The lowest BCUT2D eigenvalue weighted by Crippen LogP contribution is -2.46. The molecule has 1 saturated heterocycles. The highest BCUT2D eigenvalue weighted by atomic mass is 16.5. The first-order chi connectivity index (χ1) is 9.97. The van der Waals surface area contributed by atoms with Crippen molar-refractivity contribution >= 4 is 12.0 Å². The molecule has 0 spiro atoms.